The van der Waals surface area contributed by atoms with E-state index in [0.29, 0.717) is 17.1 Å². The van der Waals surface area contributed by atoms with Gasteiger partial charge in [-0.05, 0) is 12.1 Å². The number of nitrogens with one attached hydrogen (secondary N) is 1. The zero-order chi connectivity index (χ0) is 20.0. The minimum atomic E-state index is -0.842. The van der Waals surface area contributed by atoms with Gasteiger partial charge < -0.3 is 9.47 Å². The van der Waals surface area contributed by atoms with Crippen molar-refractivity contribution in [3.05, 3.63) is 67.8 Å². The van der Waals surface area contributed by atoms with E-state index in [9.17, 15) is 25.0 Å². The zero-order valence-electron chi connectivity index (χ0n) is 14.2. The fourth-order valence-corrected chi connectivity index (χ4v) is 2.09. The fraction of sp³-hybridized carbons (Fsp3) is 0.125. The van der Waals surface area contributed by atoms with Gasteiger partial charge in [0.2, 0.25) is 0 Å². The highest BCUT2D eigenvalue weighted by atomic mass is 16.6. The van der Waals surface area contributed by atoms with Crippen LogP contribution in [-0.2, 0) is 0 Å². The van der Waals surface area contributed by atoms with Crippen molar-refractivity contribution in [2.24, 2.45) is 5.10 Å². The van der Waals surface area contributed by atoms with Gasteiger partial charge in [0, 0.05) is 23.8 Å². The van der Waals surface area contributed by atoms with Crippen LogP contribution in [0.1, 0.15) is 15.9 Å². The van der Waals surface area contributed by atoms with Crippen LogP contribution in [0.3, 0.4) is 0 Å². The number of carbonyl (C=O) groups is 1. The minimum Gasteiger partial charge on any atom is -0.497 e. The highest BCUT2D eigenvalue weighted by Gasteiger charge is 2.19. The molecule has 27 heavy (non-hydrogen) atoms. The third-order valence-corrected chi connectivity index (χ3v) is 3.40. The monoisotopic (exact) mass is 374 g/mol. The minimum absolute atomic E-state index is 0.269. The van der Waals surface area contributed by atoms with Crippen molar-refractivity contribution in [2.75, 3.05) is 14.2 Å². The predicted molar refractivity (Wildman–Crippen MR) is 94.4 cm³/mol. The summed E-state index contributed by atoms with van der Waals surface area (Å²) in [7, 11) is 2.95. The average Bonchev–Trinajstić information content (AvgIpc) is 2.67. The Morgan fingerprint density at radius 3 is 2.19 bits per heavy atom. The van der Waals surface area contributed by atoms with E-state index in [1.165, 1.54) is 20.4 Å². The molecule has 0 bridgehead atoms. The van der Waals surface area contributed by atoms with Gasteiger partial charge in [-0.3, -0.25) is 25.0 Å². The average molecular weight is 374 g/mol. The molecule has 0 fully saturated rings. The maximum Gasteiger partial charge on any atom is 0.277 e. The number of ether oxygens (including phenoxy) is 2. The van der Waals surface area contributed by atoms with Gasteiger partial charge in [-0.1, -0.05) is 0 Å². The first-order valence-corrected chi connectivity index (χ1v) is 7.35. The molecule has 1 N–H and O–H groups in total. The van der Waals surface area contributed by atoms with E-state index < -0.39 is 27.1 Å². The molecule has 0 aromatic heterocycles. The quantitative estimate of drug-likeness (QED) is 0.444. The molecule has 0 saturated carbocycles. The van der Waals surface area contributed by atoms with Crippen molar-refractivity contribution < 1.29 is 24.1 Å². The van der Waals surface area contributed by atoms with Gasteiger partial charge >= 0.3 is 0 Å². The molecule has 0 aliphatic rings. The number of rotatable bonds is 7. The van der Waals surface area contributed by atoms with E-state index in [2.05, 4.69) is 10.5 Å². The molecule has 0 saturated heterocycles. The summed E-state index contributed by atoms with van der Waals surface area (Å²) >= 11 is 0. The molecule has 11 nitrogen and oxygen atoms in total. The van der Waals surface area contributed by atoms with E-state index in [-0.39, 0.29) is 5.56 Å². The first kappa shape index (κ1) is 19.3. The molecule has 0 radical (unpaired) electrons. The standard InChI is InChI=1S/C16H14N4O7/c1-26-14-4-3-10(15(8-14)27-2)9-17-18-16(21)11-5-12(19(22)23)7-13(6-11)20(24)25/h3-9H,1-2H3,(H,18,21). The largest absolute Gasteiger partial charge is 0.497 e. The van der Waals surface area contributed by atoms with E-state index in [0.717, 1.165) is 18.2 Å². The van der Waals surface area contributed by atoms with Crippen molar-refractivity contribution in [1.82, 2.24) is 5.43 Å². The van der Waals surface area contributed by atoms with Gasteiger partial charge in [-0.2, -0.15) is 5.10 Å². The molecule has 2 rings (SSSR count). The van der Waals surface area contributed by atoms with Crippen molar-refractivity contribution in [2.45, 2.75) is 0 Å². The number of methoxy groups -OCH3 is 2. The van der Waals surface area contributed by atoms with Gasteiger partial charge in [-0.25, -0.2) is 5.43 Å². The number of hydrogen-bond donors (Lipinski definition) is 1. The molecule has 0 aliphatic heterocycles. The summed E-state index contributed by atoms with van der Waals surface area (Å²) in [6.07, 6.45) is 1.29. The lowest BCUT2D eigenvalue weighted by Crippen LogP contribution is -2.18. The molecule has 0 spiro atoms. The molecule has 0 atom stereocenters. The van der Waals surface area contributed by atoms with Crippen LogP contribution >= 0.6 is 0 Å². The highest BCUT2D eigenvalue weighted by molar-refractivity contribution is 5.96. The van der Waals surface area contributed by atoms with Gasteiger partial charge in [0.25, 0.3) is 17.3 Å². The predicted octanol–water partition coefficient (Wildman–Crippen LogP) is 2.28. The highest BCUT2D eigenvalue weighted by Crippen LogP contribution is 2.24. The second-order valence-electron chi connectivity index (χ2n) is 5.06. The van der Waals surface area contributed by atoms with Gasteiger partial charge in [0.05, 0.1) is 41.9 Å². The van der Waals surface area contributed by atoms with Crippen molar-refractivity contribution in [3.8, 4) is 11.5 Å². The van der Waals surface area contributed by atoms with E-state index in [1.54, 1.807) is 18.2 Å². The van der Waals surface area contributed by atoms with Gasteiger partial charge in [0.1, 0.15) is 11.5 Å². The maximum atomic E-state index is 12.1. The number of carbonyl (C=O) groups excluding carboxylic acids is 1. The smallest absolute Gasteiger partial charge is 0.277 e. The lowest BCUT2D eigenvalue weighted by atomic mass is 10.1. The summed E-state index contributed by atoms with van der Waals surface area (Å²) in [4.78, 5) is 32.2. The Bertz CT molecular complexity index is 895. The number of nitrogens with zero attached hydrogens (tertiary/aromatic N) is 3. The molecule has 0 heterocycles. The van der Waals surface area contributed by atoms with Crippen LogP contribution < -0.4 is 14.9 Å². The van der Waals surface area contributed by atoms with E-state index in [1.807, 2.05) is 0 Å². The van der Waals surface area contributed by atoms with E-state index >= 15 is 0 Å². The molecule has 2 aromatic carbocycles. The van der Waals surface area contributed by atoms with Crippen LogP contribution in [0.15, 0.2) is 41.5 Å². The summed E-state index contributed by atoms with van der Waals surface area (Å²) in [5.74, 6) is 0.167. The Morgan fingerprint density at radius 1 is 1.04 bits per heavy atom. The van der Waals surface area contributed by atoms with Crippen LogP contribution in [-0.4, -0.2) is 36.2 Å². The molecule has 0 unspecified atom stereocenters. The number of nitro groups is 2. The Kier molecular flexibility index (Phi) is 5.99. The second kappa shape index (κ2) is 8.38. The van der Waals surface area contributed by atoms with Gasteiger partial charge in [0.15, 0.2) is 0 Å². The third-order valence-electron chi connectivity index (χ3n) is 3.40. The molecule has 2 aromatic rings. The number of amides is 1. The molecule has 0 aliphatic carbocycles. The third kappa shape index (κ3) is 4.75. The molecule has 11 heteroatoms. The van der Waals surface area contributed by atoms with Crippen LogP contribution in [0.25, 0.3) is 0 Å². The number of hydrazone groups is 1. The number of hydrogen-bond acceptors (Lipinski definition) is 8. The van der Waals surface area contributed by atoms with Crippen molar-refractivity contribution in [1.29, 1.82) is 0 Å². The first-order chi connectivity index (χ1) is 12.8. The molecule has 1 amide bonds. The summed E-state index contributed by atoms with van der Waals surface area (Å²) in [6, 6.07) is 7.54. The Labute approximate surface area is 152 Å². The first-order valence-electron chi connectivity index (χ1n) is 7.35. The van der Waals surface area contributed by atoms with Crippen LogP contribution in [0, 0.1) is 20.2 Å². The Morgan fingerprint density at radius 2 is 1.67 bits per heavy atom. The van der Waals surface area contributed by atoms with Crippen LogP contribution in [0.5, 0.6) is 11.5 Å². The van der Waals surface area contributed by atoms with Gasteiger partial charge in [-0.15, -0.1) is 0 Å². The van der Waals surface area contributed by atoms with E-state index in [4.69, 9.17) is 9.47 Å². The lowest BCUT2D eigenvalue weighted by molar-refractivity contribution is -0.394. The van der Waals surface area contributed by atoms with Crippen molar-refractivity contribution >= 4 is 23.5 Å². The summed E-state index contributed by atoms with van der Waals surface area (Å²) in [5, 5.41) is 25.5. The number of benzene rings is 2. The maximum absolute atomic E-state index is 12.1. The molecular formula is C16H14N4O7. The summed E-state index contributed by atoms with van der Waals surface area (Å²) in [6.45, 7) is 0. The number of non-ortho nitro benzene ring substituents is 2. The summed E-state index contributed by atoms with van der Waals surface area (Å²) in [5.41, 5.74) is 1.27. The molecule has 140 valence electrons. The van der Waals surface area contributed by atoms with Crippen LogP contribution in [0.4, 0.5) is 11.4 Å². The van der Waals surface area contributed by atoms with Crippen molar-refractivity contribution in [3.63, 3.8) is 0 Å². The summed E-state index contributed by atoms with van der Waals surface area (Å²) < 4.78 is 10.2. The SMILES string of the molecule is COc1ccc(C=NNC(=O)c2cc([N+](=O)[O-])cc([N+](=O)[O-])c2)c(OC)c1. The zero-order valence-corrected chi connectivity index (χ0v) is 14.2. The Balaban J connectivity index is 2.22. The Hall–Kier alpha value is -4.02. The topological polar surface area (TPSA) is 146 Å². The normalized spacial score (nSPS) is 10.4. The second-order valence-corrected chi connectivity index (χ2v) is 5.06. The van der Waals surface area contributed by atoms with Crippen LogP contribution in [0.2, 0.25) is 0 Å². The lowest BCUT2D eigenvalue weighted by Gasteiger charge is -2.07. The fourth-order valence-electron chi connectivity index (χ4n) is 2.09. The molecular weight excluding hydrogens is 360 g/mol. The number of nitro benzene ring substituents is 2.